The Morgan fingerprint density at radius 1 is 1.18 bits per heavy atom. The van der Waals surface area contributed by atoms with Gasteiger partial charge in [0.25, 0.3) is 0 Å². The van der Waals surface area contributed by atoms with Crippen LogP contribution < -0.4 is 5.73 Å². The Balaban J connectivity index is 1.91. The van der Waals surface area contributed by atoms with Gasteiger partial charge in [-0.1, -0.05) is 44.5 Å². The van der Waals surface area contributed by atoms with Crippen molar-refractivity contribution in [2.24, 2.45) is 17.6 Å². The number of rotatable bonds is 4. The van der Waals surface area contributed by atoms with Crippen molar-refractivity contribution in [1.29, 1.82) is 0 Å². The van der Waals surface area contributed by atoms with E-state index in [2.05, 4.69) is 38.1 Å². The molecule has 0 aliphatic heterocycles. The van der Waals surface area contributed by atoms with Crippen LogP contribution in [0.4, 0.5) is 0 Å². The Kier molecular flexibility index (Phi) is 4.22. The van der Waals surface area contributed by atoms with E-state index in [1.165, 1.54) is 30.4 Å². The molecule has 0 bridgehead atoms. The van der Waals surface area contributed by atoms with Gasteiger partial charge in [-0.2, -0.15) is 0 Å². The highest BCUT2D eigenvalue weighted by atomic mass is 14.7. The average Bonchev–Trinajstić information content (AvgIpc) is 2.77. The van der Waals surface area contributed by atoms with E-state index < -0.39 is 0 Å². The summed E-state index contributed by atoms with van der Waals surface area (Å²) >= 11 is 0. The molecule has 3 atom stereocenters. The monoisotopic (exact) mass is 231 g/mol. The molecule has 0 heterocycles. The molecule has 1 nitrogen and oxygen atoms in total. The molecular weight excluding hydrogens is 206 g/mol. The van der Waals surface area contributed by atoms with Gasteiger partial charge in [-0.3, -0.25) is 0 Å². The van der Waals surface area contributed by atoms with Crippen LogP contribution in [0, 0.1) is 11.8 Å². The lowest BCUT2D eigenvalue weighted by atomic mass is 9.92. The van der Waals surface area contributed by atoms with Crippen LogP contribution >= 0.6 is 0 Å². The number of benzene rings is 1. The fourth-order valence-corrected chi connectivity index (χ4v) is 2.99. The summed E-state index contributed by atoms with van der Waals surface area (Å²) in [5.41, 5.74) is 9.15. The number of hydrogen-bond acceptors (Lipinski definition) is 1. The standard InChI is InChI=1S/C16H25N/c1-3-13-5-7-14(8-6-13)11-16(17)15-9-4-12(2)10-15/h5-8,12,15-16H,3-4,9-11,17H2,1-2H3. The molecule has 1 aliphatic carbocycles. The van der Waals surface area contributed by atoms with Crippen molar-refractivity contribution >= 4 is 0 Å². The molecule has 0 radical (unpaired) electrons. The Morgan fingerprint density at radius 3 is 2.35 bits per heavy atom. The molecule has 17 heavy (non-hydrogen) atoms. The van der Waals surface area contributed by atoms with Gasteiger partial charge in [0.1, 0.15) is 0 Å². The van der Waals surface area contributed by atoms with Gasteiger partial charge in [-0.15, -0.1) is 0 Å². The highest BCUT2D eigenvalue weighted by Crippen LogP contribution is 2.32. The molecule has 2 rings (SSSR count). The van der Waals surface area contributed by atoms with E-state index in [1.807, 2.05) is 0 Å². The summed E-state index contributed by atoms with van der Waals surface area (Å²) in [7, 11) is 0. The van der Waals surface area contributed by atoms with Gasteiger partial charge in [-0.05, 0) is 48.6 Å². The van der Waals surface area contributed by atoms with Gasteiger partial charge in [-0.25, -0.2) is 0 Å². The van der Waals surface area contributed by atoms with Crippen molar-refractivity contribution < 1.29 is 0 Å². The van der Waals surface area contributed by atoms with Crippen molar-refractivity contribution in [3.05, 3.63) is 35.4 Å². The van der Waals surface area contributed by atoms with Crippen LogP contribution in [0.15, 0.2) is 24.3 Å². The highest BCUT2D eigenvalue weighted by molar-refractivity contribution is 5.23. The third-order valence-electron chi connectivity index (χ3n) is 4.24. The summed E-state index contributed by atoms with van der Waals surface area (Å²) in [4.78, 5) is 0. The molecule has 1 saturated carbocycles. The molecule has 0 saturated heterocycles. The molecule has 1 aliphatic rings. The van der Waals surface area contributed by atoms with Crippen LogP contribution in [0.25, 0.3) is 0 Å². The molecule has 1 aromatic rings. The lowest BCUT2D eigenvalue weighted by Crippen LogP contribution is -2.30. The van der Waals surface area contributed by atoms with Crippen LogP contribution in [0.5, 0.6) is 0 Å². The molecule has 1 heteroatoms. The Bertz CT molecular complexity index is 341. The Morgan fingerprint density at radius 2 is 1.82 bits per heavy atom. The zero-order valence-corrected chi connectivity index (χ0v) is 11.2. The van der Waals surface area contributed by atoms with Crippen molar-refractivity contribution in [2.75, 3.05) is 0 Å². The SMILES string of the molecule is CCc1ccc(CC(N)C2CCC(C)C2)cc1. The largest absolute Gasteiger partial charge is 0.327 e. The second-order valence-electron chi connectivity index (χ2n) is 5.72. The fraction of sp³-hybridized carbons (Fsp3) is 0.625. The molecular formula is C16H25N. The highest BCUT2D eigenvalue weighted by Gasteiger charge is 2.26. The lowest BCUT2D eigenvalue weighted by Gasteiger charge is -2.19. The molecule has 0 spiro atoms. The predicted molar refractivity (Wildman–Crippen MR) is 74.0 cm³/mol. The van der Waals surface area contributed by atoms with E-state index >= 15 is 0 Å². The van der Waals surface area contributed by atoms with Crippen molar-refractivity contribution in [3.8, 4) is 0 Å². The van der Waals surface area contributed by atoms with Crippen LogP contribution in [0.3, 0.4) is 0 Å². The summed E-state index contributed by atoms with van der Waals surface area (Å²) in [6.07, 6.45) is 6.19. The van der Waals surface area contributed by atoms with Gasteiger partial charge < -0.3 is 5.73 Å². The zero-order chi connectivity index (χ0) is 12.3. The average molecular weight is 231 g/mol. The van der Waals surface area contributed by atoms with E-state index in [9.17, 15) is 0 Å². The predicted octanol–water partition coefficient (Wildman–Crippen LogP) is 3.56. The van der Waals surface area contributed by atoms with E-state index in [4.69, 9.17) is 5.73 Å². The zero-order valence-electron chi connectivity index (χ0n) is 11.2. The molecule has 0 amide bonds. The van der Waals surface area contributed by atoms with Crippen LogP contribution in [-0.4, -0.2) is 6.04 Å². The maximum absolute atomic E-state index is 6.34. The normalized spacial score (nSPS) is 26.1. The van der Waals surface area contributed by atoms with E-state index in [-0.39, 0.29) is 0 Å². The molecule has 3 unspecified atom stereocenters. The van der Waals surface area contributed by atoms with Gasteiger partial charge in [0.2, 0.25) is 0 Å². The summed E-state index contributed by atoms with van der Waals surface area (Å²) in [6.45, 7) is 4.55. The number of nitrogens with two attached hydrogens (primary N) is 1. The summed E-state index contributed by atoms with van der Waals surface area (Å²) in [5, 5.41) is 0. The minimum absolute atomic E-state index is 0.354. The minimum Gasteiger partial charge on any atom is -0.327 e. The Labute approximate surface area is 105 Å². The molecule has 2 N–H and O–H groups in total. The first-order valence-corrected chi connectivity index (χ1v) is 7.02. The van der Waals surface area contributed by atoms with Crippen molar-refractivity contribution in [1.82, 2.24) is 0 Å². The minimum atomic E-state index is 0.354. The molecule has 0 aromatic heterocycles. The van der Waals surface area contributed by atoms with Gasteiger partial charge in [0.15, 0.2) is 0 Å². The first kappa shape index (κ1) is 12.6. The molecule has 1 aromatic carbocycles. The van der Waals surface area contributed by atoms with Gasteiger partial charge in [0, 0.05) is 6.04 Å². The summed E-state index contributed by atoms with van der Waals surface area (Å²) < 4.78 is 0. The van der Waals surface area contributed by atoms with Crippen molar-refractivity contribution in [3.63, 3.8) is 0 Å². The third-order valence-corrected chi connectivity index (χ3v) is 4.24. The second kappa shape index (κ2) is 5.68. The van der Waals surface area contributed by atoms with Crippen molar-refractivity contribution in [2.45, 2.75) is 52.0 Å². The number of hydrogen-bond donors (Lipinski definition) is 1. The van der Waals surface area contributed by atoms with Crippen LogP contribution in [-0.2, 0) is 12.8 Å². The molecule has 94 valence electrons. The first-order valence-electron chi connectivity index (χ1n) is 7.02. The van der Waals surface area contributed by atoms with Gasteiger partial charge in [0.05, 0.1) is 0 Å². The summed E-state index contributed by atoms with van der Waals surface area (Å²) in [6, 6.07) is 9.32. The van der Waals surface area contributed by atoms with Crippen LogP contribution in [0.2, 0.25) is 0 Å². The lowest BCUT2D eigenvalue weighted by molar-refractivity contribution is 0.415. The smallest absolute Gasteiger partial charge is 0.0108 e. The third kappa shape index (κ3) is 3.32. The number of aryl methyl sites for hydroxylation is 1. The van der Waals surface area contributed by atoms with Crippen LogP contribution in [0.1, 0.15) is 44.2 Å². The maximum atomic E-state index is 6.34. The van der Waals surface area contributed by atoms with E-state index in [1.54, 1.807) is 0 Å². The topological polar surface area (TPSA) is 26.0 Å². The molecule has 1 fully saturated rings. The van der Waals surface area contributed by atoms with E-state index in [0.717, 1.165) is 24.7 Å². The van der Waals surface area contributed by atoms with E-state index in [0.29, 0.717) is 6.04 Å². The first-order chi connectivity index (χ1) is 8.19. The Hall–Kier alpha value is -0.820. The fourth-order valence-electron chi connectivity index (χ4n) is 2.99. The van der Waals surface area contributed by atoms with Gasteiger partial charge >= 0.3 is 0 Å². The summed E-state index contributed by atoms with van der Waals surface area (Å²) in [5.74, 6) is 1.63. The maximum Gasteiger partial charge on any atom is 0.0108 e. The second-order valence-corrected chi connectivity index (χ2v) is 5.72. The quantitative estimate of drug-likeness (QED) is 0.842.